The zero-order valence-electron chi connectivity index (χ0n) is 16.1. The Morgan fingerprint density at radius 2 is 2.20 bits per heavy atom. The largest absolute Gasteiger partial charge is 0.377 e. The number of hydrogen-bond donors (Lipinski definition) is 2. The summed E-state index contributed by atoms with van der Waals surface area (Å²) in [5.41, 5.74) is 1.30. The van der Waals surface area contributed by atoms with E-state index < -0.39 is 5.82 Å². The van der Waals surface area contributed by atoms with Crippen molar-refractivity contribution in [3.8, 4) is 0 Å². The maximum Gasteiger partial charge on any atom is 0.257 e. The van der Waals surface area contributed by atoms with Crippen molar-refractivity contribution in [2.45, 2.75) is 24.4 Å². The number of aromatic nitrogens is 4. The summed E-state index contributed by atoms with van der Waals surface area (Å²) < 4.78 is 21.5. The van der Waals surface area contributed by atoms with Crippen LogP contribution in [0.5, 0.6) is 0 Å². The van der Waals surface area contributed by atoms with Crippen LogP contribution in [-0.4, -0.2) is 57.3 Å². The van der Waals surface area contributed by atoms with Gasteiger partial charge in [0.2, 0.25) is 0 Å². The Balaban J connectivity index is 1.54. The number of nitrogens with one attached hydrogen (secondary N) is 2. The van der Waals surface area contributed by atoms with E-state index in [0.717, 1.165) is 12.8 Å². The Kier molecular flexibility index (Phi) is 3.73. The van der Waals surface area contributed by atoms with E-state index in [1.54, 1.807) is 16.9 Å². The van der Waals surface area contributed by atoms with Gasteiger partial charge in [0.05, 0.1) is 37.2 Å². The number of anilines is 2. The average molecular weight is 409 g/mol. The van der Waals surface area contributed by atoms with E-state index in [9.17, 15) is 9.18 Å². The number of rotatable bonds is 0. The molecule has 0 unspecified atom stereocenters. The molecule has 1 amide bonds. The number of amides is 1. The van der Waals surface area contributed by atoms with Crippen LogP contribution in [0, 0.1) is 5.82 Å². The lowest BCUT2D eigenvalue weighted by Crippen LogP contribution is -2.42. The van der Waals surface area contributed by atoms with Crippen LogP contribution in [0.1, 0.15) is 34.8 Å². The van der Waals surface area contributed by atoms with Crippen LogP contribution in [0.4, 0.5) is 16.0 Å². The molecule has 3 aliphatic rings. The van der Waals surface area contributed by atoms with Gasteiger partial charge in [-0.1, -0.05) is 0 Å². The molecule has 1 atom stereocenters. The highest BCUT2D eigenvalue weighted by molar-refractivity contribution is 6.00. The number of pyridine rings is 1. The van der Waals surface area contributed by atoms with Gasteiger partial charge in [-0.2, -0.15) is 5.10 Å². The highest BCUT2D eigenvalue weighted by atomic mass is 19.1. The average Bonchev–Trinajstić information content (AvgIpc) is 3.38. The molecule has 1 saturated carbocycles. The molecule has 10 heteroatoms. The summed E-state index contributed by atoms with van der Waals surface area (Å²) in [5.74, 6) is 0.682. The second-order valence-corrected chi connectivity index (χ2v) is 8.08. The van der Waals surface area contributed by atoms with Crippen molar-refractivity contribution in [2.75, 3.05) is 36.5 Å². The molecule has 154 valence electrons. The Labute approximate surface area is 171 Å². The van der Waals surface area contributed by atoms with Crippen LogP contribution < -0.4 is 15.5 Å². The number of halogens is 1. The van der Waals surface area contributed by atoms with Gasteiger partial charge in [-0.3, -0.25) is 4.79 Å². The summed E-state index contributed by atoms with van der Waals surface area (Å²) in [6.45, 7) is 2.02. The van der Waals surface area contributed by atoms with Gasteiger partial charge < -0.3 is 20.3 Å². The molecule has 0 aromatic carbocycles. The molecule has 1 spiro atoms. The molecule has 1 aliphatic carbocycles. The van der Waals surface area contributed by atoms with Crippen molar-refractivity contribution >= 4 is 23.2 Å². The zero-order valence-corrected chi connectivity index (χ0v) is 16.1. The second kappa shape index (κ2) is 6.36. The first-order valence-corrected chi connectivity index (χ1v) is 10.0. The standard InChI is InChI=1S/C20H20FN7O2/c21-12-7-13-15-10-30-6-5-27(15)16-1-4-28-18(25-16)14(9-24-28)19(29)26-20(2-3-20)11-23-17(13)22-8-12/h1,4,7-9,15H,2-3,5-6,10-11H2,(H,22,23)(H,26,29)/t15-/m1/s1. The minimum absolute atomic E-state index is 0.195. The fraction of sp³-hybridized carbons (Fsp3) is 0.400. The molecule has 0 radical (unpaired) electrons. The van der Waals surface area contributed by atoms with Crippen LogP contribution in [0.15, 0.2) is 30.7 Å². The summed E-state index contributed by atoms with van der Waals surface area (Å²) in [6, 6.07) is 3.09. The summed E-state index contributed by atoms with van der Waals surface area (Å²) >= 11 is 0. The summed E-state index contributed by atoms with van der Waals surface area (Å²) in [4.78, 5) is 24.1. The molecular formula is C20H20FN7O2. The van der Waals surface area contributed by atoms with E-state index in [1.165, 1.54) is 12.3 Å². The number of ether oxygens (including phenoxy) is 1. The van der Waals surface area contributed by atoms with E-state index in [1.807, 2.05) is 6.07 Å². The number of carbonyl (C=O) groups excluding carboxylic acids is 1. The third-order valence-corrected chi connectivity index (χ3v) is 6.09. The lowest BCUT2D eigenvalue weighted by molar-refractivity contribution is 0.0934. The number of hydrogen-bond acceptors (Lipinski definition) is 7. The molecule has 30 heavy (non-hydrogen) atoms. The molecule has 2 N–H and O–H groups in total. The molecular weight excluding hydrogens is 389 g/mol. The fourth-order valence-electron chi connectivity index (χ4n) is 4.23. The van der Waals surface area contributed by atoms with E-state index in [4.69, 9.17) is 9.72 Å². The van der Waals surface area contributed by atoms with Gasteiger partial charge in [0.1, 0.15) is 23.0 Å². The number of nitrogens with zero attached hydrogens (tertiary/aromatic N) is 5. The van der Waals surface area contributed by atoms with Crippen molar-refractivity contribution in [3.63, 3.8) is 0 Å². The highest BCUT2D eigenvalue weighted by Gasteiger charge is 2.45. The molecule has 2 bridgehead atoms. The minimum atomic E-state index is -0.402. The Bertz CT molecular complexity index is 1160. The number of carbonyl (C=O) groups is 1. The van der Waals surface area contributed by atoms with Gasteiger partial charge in [0.15, 0.2) is 5.65 Å². The Morgan fingerprint density at radius 3 is 3.07 bits per heavy atom. The quantitative estimate of drug-likeness (QED) is 0.581. The molecule has 1 saturated heterocycles. The molecule has 2 fully saturated rings. The minimum Gasteiger partial charge on any atom is -0.377 e. The van der Waals surface area contributed by atoms with Gasteiger partial charge in [0, 0.05) is 24.8 Å². The van der Waals surface area contributed by atoms with E-state index in [2.05, 4.69) is 25.6 Å². The van der Waals surface area contributed by atoms with Crippen molar-refractivity contribution in [3.05, 3.63) is 47.7 Å². The second-order valence-electron chi connectivity index (χ2n) is 8.08. The van der Waals surface area contributed by atoms with E-state index in [0.29, 0.717) is 54.7 Å². The van der Waals surface area contributed by atoms with Gasteiger partial charge in [-0.25, -0.2) is 18.9 Å². The normalized spacial score (nSPS) is 22.4. The van der Waals surface area contributed by atoms with Gasteiger partial charge in [0.25, 0.3) is 5.91 Å². The third-order valence-electron chi connectivity index (χ3n) is 6.09. The molecule has 2 aliphatic heterocycles. The van der Waals surface area contributed by atoms with Gasteiger partial charge in [-0.15, -0.1) is 0 Å². The highest BCUT2D eigenvalue weighted by Crippen LogP contribution is 2.38. The van der Waals surface area contributed by atoms with E-state index in [-0.39, 0.29) is 17.5 Å². The smallest absolute Gasteiger partial charge is 0.257 e. The monoisotopic (exact) mass is 409 g/mol. The van der Waals surface area contributed by atoms with Crippen LogP contribution in [-0.2, 0) is 4.74 Å². The summed E-state index contributed by atoms with van der Waals surface area (Å²) in [7, 11) is 0. The Morgan fingerprint density at radius 1 is 1.30 bits per heavy atom. The molecule has 3 aromatic rings. The predicted molar refractivity (Wildman–Crippen MR) is 106 cm³/mol. The van der Waals surface area contributed by atoms with Crippen molar-refractivity contribution < 1.29 is 13.9 Å². The predicted octanol–water partition coefficient (Wildman–Crippen LogP) is 1.53. The van der Waals surface area contributed by atoms with Gasteiger partial charge >= 0.3 is 0 Å². The lowest BCUT2D eigenvalue weighted by Gasteiger charge is -2.37. The Hall–Kier alpha value is -3.27. The maximum absolute atomic E-state index is 14.2. The van der Waals surface area contributed by atoms with E-state index >= 15 is 0 Å². The summed E-state index contributed by atoms with van der Waals surface area (Å²) in [6.07, 6.45) is 6.26. The van der Waals surface area contributed by atoms with Crippen molar-refractivity contribution in [1.82, 2.24) is 24.9 Å². The fourth-order valence-corrected chi connectivity index (χ4v) is 4.23. The first kappa shape index (κ1) is 17.6. The van der Waals surface area contributed by atoms with Crippen LogP contribution >= 0.6 is 0 Å². The van der Waals surface area contributed by atoms with Crippen LogP contribution in [0.3, 0.4) is 0 Å². The molecule has 3 aromatic heterocycles. The lowest BCUT2D eigenvalue weighted by atomic mass is 10.0. The zero-order chi connectivity index (χ0) is 20.3. The molecule has 5 heterocycles. The summed E-state index contributed by atoms with van der Waals surface area (Å²) in [5, 5.41) is 10.8. The van der Waals surface area contributed by atoms with Crippen molar-refractivity contribution in [1.29, 1.82) is 0 Å². The van der Waals surface area contributed by atoms with Crippen LogP contribution in [0.2, 0.25) is 0 Å². The first-order chi connectivity index (χ1) is 14.6. The molecule has 6 rings (SSSR count). The third kappa shape index (κ3) is 2.78. The number of fused-ring (bicyclic) bond motifs is 5. The SMILES string of the molecule is O=C1NC2(CC2)CNc2ncc(F)cc2[C@H]2COCCN2c2ccn3ncc1c3n2. The maximum atomic E-state index is 14.2. The first-order valence-electron chi connectivity index (χ1n) is 10.0. The molecule has 9 nitrogen and oxygen atoms in total. The van der Waals surface area contributed by atoms with Crippen LogP contribution in [0.25, 0.3) is 5.65 Å². The van der Waals surface area contributed by atoms with Crippen molar-refractivity contribution in [2.24, 2.45) is 0 Å². The number of morpholine rings is 1. The topological polar surface area (TPSA) is 96.7 Å². The van der Waals surface area contributed by atoms with Gasteiger partial charge in [-0.05, 0) is 25.0 Å².